The zero-order valence-corrected chi connectivity index (χ0v) is 16.3. The minimum absolute atomic E-state index is 0. The fourth-order valence-electron chi connectivity index (χ4n) is 3.41. The summed E-state index contributed by atoms with van der Waals surface area (Å²) in [6, 6.07) is 8.08. The normalized spacial score (nSPS) is 16.0. The molecule has 1 aliphatic carbocycles. The molecule has 138 valence electrons. The molecule has 0 radical (unpaired) electrons. The number of benzene rings is 1. The number of nitrogens with one attached hydrogen (secondary N) is 1. The highest BCUT2D eigenvalue weighted by atomic mass is 35.5. The minimum Gasteiger partial charge on any atom is -0.330 e. The number of nitrogens with two attached hydrogens (primary N) is 1. The van der Waals surface area contributed by atoms with Crippen molar-refractivity contribution in [3.8, 4) is 0 Å². The van der Waals surface area contributed by atoms with Crippen LogP contribution in [-0.2, 0) is 11.3 Å². The third kappa shape index (κ3) is 6.98. The van der Waals surface area contributed by atoms with Gasteiger partial charge in [-0.25, -0.2) is 0 Å². The highest BCUT2D eigenvalue weighted by molar-refractivity contribution is 5.91. The van der Waals surface area contributed by atoms with Crippen molar-refractivity contribution in [2.45, 2.75) is 45.1 Å². The molecule has 1 saturated carbocycles. The Labute approximate surface area is 158 Å². The quantitative estimate of drug-likeness (QED) is 0.793. The fraction of sp³-hybridized carbons (Fsp3) is 0.611. The Bertz CT molecular complexity index is 503. The molecule has 1 amide bonds. The van der Waals surface area contributed by atoms with Crippen LogP contribution in [0.25, 0.3) is 0 Å². The van der Waals surface area contributed by atoms with Crippen LogP contribution in [0.15, 0.2) is 24.3 Å². The summed E-state index contributed by atoms with van der Waals surface area (Å²) in [6.45, 7) is 1.48. The molecule has 4 nitrogen and oxygen atoms in total. The van der Waals surface area contributed by atoms with E-state index in [4.69, 9.17) is 5.73 Å². The van der Waals surface area contributed by atoms with Gasteiger partial charge in [0.2, 0.25) is 5.91 Å². The molecule has 1 fully saturated rings. The standard InChI is InChI=1S/C18H29N3O.2ClH/c1-21(2)13-15-7-6-8-16(11-15)20-17(22)12-18(14-19)9-4-3-5-10-18;;/h6-8,11H,3-5,9-10,12-14,19H2,1-2H3,(H,20,22);2*1H. The molecule has 1 aromatic carbocycles. The molecular formula is C18H31Cl2N3O. The summed E-state index contributed by atoms with van der Waals surface area (Å²) in [4.78, 5) is 14.5. The first kappa shape index (κ1) is 23.2. The number of carbonyl (C=O) groups excluding carboxylic acids is 1. The number of carbonyl (C=O) groups is 1. The third-order valence-electron chi connectivity index (χ3n) is 4.59. The molecule has 0 unspecified atom stereocenters. The number of hydrogen-bond acceptors (Lipinski definition) is 3. The van der Waals surface area contributed by atoms with E-state index in [1.165, 1.54) is 24.8 Å². The van der Waals surface area contributed by atoms with Gasteiger partial charge in [0, 0.05) is 18.7 Å². The van der Waals surface area contributed by atoms with Crippen molar-refractivity contribution in [1.82, 2.24) is 4.90 Å². The second kappa shape index (κ2) is 10.9. The number of rotatable bonds is 6. The van der Waals surface area contributed by atoms with Gasteiger partial charge < -0.3 is 16.0 Å². The van der Waals surface area contributed by atoms with Crippen molar-refractivity contribution in [2.75, 3.05) is 26.0 Å². The largest absolute Gasteiger partial charge is 0.330 e. The Kier molecular flexibility index (Phi) is 10.6. The van der Waals surface area contributed by atoms with Gasteiger partial charge in [0.15, 0.2) is 0 Å². The highest BCUT2D eigenvalue weighted by Gasteiger charge is 2.32. The molecule has 0 spiro atoms. The zero-order valence-electron chi connectivity index (χ0n) is 14.7. The molecule has 0 aromatic heterocycles. The Hall–Kier alpha value is -0.810. The number of anilines is 1. The van der Waals surface area contributed by atoms with Crippen LogP contribution >= 0.6 is 24.8 Å². The first-order chi connectivity index (χ1) is 10.5. The number of hydrogen-bond donors (Lipinski definition) is 2. The second-order valence-electron chi connectivity index (χ2n) is 6.93. The van der Waals surface area contributed by atoms with Gasteiger partial charge in [0.25, 0.3) is 0 Å². The van der Waals surface area contributed by atoms with E-state index in [-0.39, 0.29) is 36.1 Å². The summed E-state index contributed by atoms with van der Waals surface area (Å²) < 4.78 is 0. The topological polar surface area (TPSA) is 58.4 Å². The number of amides is 1. The smallest absolute Gasteiger partial charge is 0.224 e. The Balaban J connectivity index is 0.00000264. The van der Waals surface area contributed by atoms with Crippen molar-refractivity contribution in [3.63, 3.8) is 0 Å². The Morgan fingerprint density at radius 2 is 1.88 bits per heavy atom. The van der Waals surface area contributed by atoms with Crippen molar-refractivity contribution in [2.24, 2.45) is 11.1 Å². The fourth-order valence-corrected chi connectivity index (χ4v) is 3.41. The van der Waals surface area contributed by atoms with Crippen LogP contribution in [0.1, 0.15) is 44.1 Å². The molecule has 1 aliphatic rings. The summed E-state index contributed by atoms with van der Waals surface area (Å²) in [5, 5.41) is 3.05. The first-order valence-electron chi connectivity index (χ1n) is 8.27. The van der Waals surface area contributed by atoms with E-state index in [1.807, 2.05) is 32.3 Å². The molecule has 3 N–H and O–H groups in total. The van der Waals surface area contributed by atoms with Gasteiger partial charge in [-0.2, -0.15) is 0 Å². The molecule has 6 heteroatoms. The van der Waals surface area contributed by atoms with E-state index in [1.54, 1.807) is 0 Å². The average molecular weight is 376 g/mol. The van der Waals surface area contributed by atoms with Crippen LogP contribution in [0.5, 0.6) is 0 Å². The van der Waals surface area contributed by atoms with Crippen molar-refractivity contribution >= 4 is 36.4 Å². The molecule has 24 heavy (non-hydrogen) atoms. The predicted octanol–water partition coefficient (Wildman–Crippen LogP) is 3.83. The summed E-state index contributed by atoms with van der Waals surface area (Å²) in [5.41, 5.74) is 8.08. The maximum atomic E-state index is 12.4. The van der Waals surface area contributed by atoms with E-state index in [0.29, 0.717) is 13.0 Å². The molecule has 0 saturated heterocycles. The van der Waals surface area contributed by atoms with Crippen LogP contribution in [0.3, 0.4) is 0 Å². The average Bonchev–Trinajstić information content (AvgIpc) is 2.47. The van der Waals surface area contributed by atoms with E-state index in [2.05, 4.69) is 16.3 Å². The zero-order chi connectivity index (χ0) is 16.0. The SMILES string of the molecule is CN(C)Cc1cccc(NC(=O)CC2(CN)CCCCC2)c1.Cl.Cl. The van der Waals surface area contributed by atoms with Gasteiger partial charge in [0.05, 0.1) is 0 Å². The van der Waals surface area contributed by atoms with E-state index in [9.17, 15) is 4.79 Å². The van der Waals surface area contributed by atoms with Gasteiger partial charge in [0.1, 0.15) is 0 Å². The highest BCUT2D eigenvalue weighted by Crippen LogP contribution is 2.38. The van der Waals surface area contributed by atoms with E-state index < -0.39 is 0 Å². The first-order valence-corrected chi connectivity index (χ1v) is 8.27. The Morgan fingerprint density at radius 3 is 2.46 bits per heavy atom. The molecule has 0 aliphatic heterocycles. The lowest BCUT2D eigenvalue weighted by molar-refractivity contribution is -0.118. The summed E-state index contributed by atoms with van der Waals surface area (Å²) >= 11 is 0. The van der Waals surface area contributed by atoms with Crippen LogP contribution in [0, 0.1) is 5.41 Å². The van der Waals surface area contributed by atoms with Crippen molar-refractivity contribution in [1.29, 1.82) is 0 Å². The van der Waals surface area contributed by atoms with Crippen molar-refractivity contribution < 1.29 is 4.79 Å². The van der Waals surface area contributed by atoms with Gasteiger partial charge in [-0.05, 0) is 56.6 Å². The number of nitrogens with zero attached hydrogens (tertiary/aromatic N) is 1. The summed E-state index contributed by atoms with van der Waals surface area (Å²) in [5.74, 6) is 0.0920. The number of halogens is 2. The second-order valence-corrected chi connectivity index (χ2v) is 6.93. The lowest BCUT2D eigenvalue weighted by Gasteiger charge is -2.35. The molecular weight excluding hydrogens is 345 g/mol. The maximum Gasteiger partial charge on any atom is 0.224 e. The lowest BCUT2D eigenvalue weighted by Crippen LogP contribution is -2.36. The minimum atomic E-state index is 0. The van der Waals surface area contributed by atoms with Crippen LogP contribution < -0.4 is 11.1 Å². The summed E-state index contributed by atoms with van der Waals surface area (Å²) in [6.07, 6.45) is 6.37. The monoisotopic (exact) mass is 375 g/mol. The summed E-state index contributed by atoms with van der Waals surface area (Å²) in [7, 11) is 4.08. The van der Waals surface area contributed by atoms with E-state index >= 15 is 0 Å². The van der Waals surface area contributed by atoms with Crippen LogP contribution in [-0.4, -0.2) is 31.4 Å². The molecule has 2 rings (SSSR count). The van der Waals surface area contributed by atoms with Gasteiger partial charge in [-0.3, -0.25) is 4.79 Å². The molecule has 1 aromatic rings. The molecule has 0 atom stereocenters. The van der Waals surface area contributed by atoms with Crippen molar-refractivity contribution in [3.05, 3.63) is 29.8 Å². The van der Waals surface area contributed by atoms with Gasteiger partial charge in [-0.1, -0.05) is 31.4 Å². The predicted molar refractivity (Wildman–Crippen MR) is 106 cm³/mol. The van der Waals surface area contributed by atoms with Gasteiger partial charge in [-0.15, -0.1) is 24.8 Å². The van der Waals surface area contributed by atoms with Crippen LogP contribution in [0.2, 0.25) is 0 Å². The molecule has 0 heterocycles. The van der Waals surface area contributed by atoms with Crippen LogP contribution in [0.4, 0.5) is 5.69 Å². The molecule has 0 bridgehead atoms. The maximum absolute atomic E-state index is 12.4. The lowest BCUT2D eigenvalue weighted by atomic mass is 9.71. The third-order valence-corrected chi connectivity index (χ3v) is 4.59. The van der Waals surface area contributed by atoms with Gasteiger partial charge >= 0.3 is 0 Å². The Morgan fingerprint density at radius 1 is 1.21 bits per heavy atom. The van der Waals surface area contributed by atoms with E-state index in [0.717, 1.165) is 25.1 Å².